The van der Waals surface area contributed by atoms with Gasteiger partial charge in [-0.1, -0.05) is 18.2 Å². The first-order valence-corrected chi connectivity index (χ1v) is 8.22. The van der Waals surface area contributed by atoms with E-state index in [9.17, 15) is 4.79 Å². The van der Waals surface area contributed by atoms with E-state index in [1.807, 2.05) is 24.4 Å². The molecule has 0 bridgehead atoms. The van der Waals surface area contributed by atoms with Crippen molar-refractivity contribution >= 4 is 5.91 Å². The van der Waals surface area contributed by atoms with Crippen LogP contribution in [0.3, 0.4) is 0 Å². The third-order valence-electron chi connectivity index (χ3n) is 4.68. The Hall–Kier alpha value is -2.40. The molecular formula is C19H23N3O2. The largest absolute Gasteiger partial charge is 0.496 e. The Morgan fingerprint density at radius 1 is 1.33 bits per heavy atom. The first-order valence-electron chi connectivity index (χ1n) is 8.22. The first kappa shape index (κ1) is 16.5. The molecule has 5 heteroatoms. The molecule has 5 nitrogen and oxygen atoms in total. The average Bonchev–Trinajstić information content (AvgIpc) is 3.01. The van der Waals surface area contributed by atoms with Gasteiger partial charge in [0.25, 0.3) is 5.91 Å². The van der Waals surface area contributed by atoms with Crippen molar-refractivity contribution < 1.29 is 9.53 Å². The van der Waals surface area contributed by atoms with Gasteiger partial charge >= 0.3 is 0 Å². The Morgan fingerprint density at radius 3 is 2.92 bits per heavy atom. The molecule has 2 aromatic rings. The number of rotatable bonds is 5. The number of hydrogen-bond donors (Lipinski definition) is 1. The molecule has 0 unspecified atom stereocenters. The molecule has 126 valence electrons. The van der Waals surface area contributed by atoms with Gasteiger partial charge in [0.1, 0.15) is 5.75 Å². The fourth-order valence-electron chi connectivity index (χ4n) is 3.47. The lowest BCUT2D eigenvalue weighted by Gasteiger charge is -2.25. The van der Waals surface area contributed by atoms with Crippen molar-refractivity contribution in [3.8, 4) is 5.75 Å². The Kier molecular flexibility index (Phi) is 5.11. The Balaban J connectivity index is 1.68. The SMILES string of the molecule is COc1ccccc1C(=O)NC[C@@H]1CCN(C)[C@H]1c1cccnc1. The van der Waals surface area contributed by atoms with Crippen molar-refractivity contribution in [2.24, 2.45) is 5.92 Å². The average molecular weight is 325 g/mol. The minimum absolute atomic E-state index is 0.0908. The molecule has 0 saturated carbocycles. The van der Waals surface area contributed by atoms with Gasteiger partial charge < -0.3 is 10.1 Å². The number of nitrogens with one attached hydrogen (secondary N) is 1. The summed E-state index contributed by atoms with van der Waals surface area (Å²) in [6, 6.07) is 11.7. The molecule has 1 amide bonds. The zero-order valence-corrected chi connectivity index (χ0v) is 14.1. The highest BCUT2D eigenvalue weighted by Crippen LogP contribution is 2.35. The minimum Gasteiger partial charge on any atom is -0.496 e. The third kappa shape index (κ3) is 3.41. The molecule has 0 spiro atoms. The van der Waals surface area contributed by atoms with Gasteiger partial charge in [0, 0.05) is 25.0 Å². The van der Waals surface area contributed by atoms with Crippen LogP contribution in [-0.4, -0.2) is 43.0 Å². The van der Waals surface area contributed by atoms with E-state index in [4.69, 9.17) is 4.74 Å². The summed E-state index contributed by atoms with van der Waals surface area (Å²) in [7, 11) is 3.70. The third-order valence-corrected chi connectivity index (χ3v) is 4.68. The number of methoxy groups -OCH3 is 1. The smallest absolute Gasteiger partial charge is 0.255 e. The van der Waals surface area contributed by atoms with Gasteiger partial charge in [0.05, 0.1) is 12.7 Å². The Bertz CT molecular complexity index is 690. The van der Waals surface area contributed by atoms with Crippen molar-refractivity contribution in [3.63, 3.8) is 0 Å². The lowest BCUT2D eigenvalue weighted by atomic mass is 9.94. The van der Waals surface area contributed by atoms with Crippen molar-refractivity contribution in [2.45, 2.75) is 12.5 Å². The molecule has 1 aromatic heterocycles. The monoisotopic (exact) mass is 325 g/mol. The summed E-state index contributed by atoms with van der Waals surface area (Å²) in [6.07, 6.45) is 4.76. The van der Waals surface area contributed by atoms with Crippen molar-refractivity contribution in [1.82, 2.24) is 15.2 Å². The maximum Gasteiger partial charge on any atom is 0.255 e. The highest BCUT2D eigenvalue weighted by molar-refractivity contribution is 5.96. The van der Waals surface area contributed by atoms with E-state index in [-0.39, 0.29) is 11.9 Å². The second-order valence-corrected chi connectivity index (χ2v) is 6.17. The van der Waals surface area contributed by atoms with Crippen LogP contribution in [0.2, 0.25) is 0 Å². The summed E-state index contributed by atoms with van der Waals surface area (Å²) in [4.78, 5) is 19.1. The molecule has 1 aliphatic rings. The zero-order valence-electron chi connectivity index (χ0n) is 14.1. The maximum atomic E-state index is 12.5. The van der Waals surface area contributed by atoms with Gasteiger partial charge in [-0.3, -0.25) is 14.7 Å². The predicted molar refractivity (Wildman–Crippen MR) is 93.0 cm³/mol. The summed E-state index contributed by atoms with van der Waals surface area (Å²) in [5, 5.41) is 3.07. The second-order valence-electron chi connectivity index (χ2n) is 6.17. The zero-order chi connectivity index (χ0) is 16.9. The van der Waals surface area contributed by atoms with Crippen LogP contribution < -0.4 is 10.1 Å². The number of likely N-dealkylation sites (tertiary alicyclic amines) is 1. The van der Waals surface area contributed by atoms with Gasteiger partial charge in [0.15, 0.2) is 0 Å². The predicted octanol–water partition coefficient (Wildman–Crippen LogP) is 2.51. The summed E-state index contributed by atoms with van der Waals surface area (Å²) >= 11 is 0. The van der Waals surface area contributed by atoms with Crippen molar-refractivity contribution in [2.75, 3.05) is 27.2 Å². The van der Waals surface area contributed by atoms with E-state index in [1.54, 1.807) is 25.4 Å². The van der Waals surface area contributed by atoms with Crippen LogP contribution in [0.1, 0.15) is 28.4 Å². The quantitative estimate of drug-likeness (QED) is 0.918. The molecule has 0 aliphatic carbocycles. The van der Waals surface area contributed by atoms with Crippen LogP contribution in [0.5, 0.6) is 5.75 Å². The van der Waals surface area contributed by atoms with Gasteiger partial charge in [-0.2, -0.15) is 0 Å². The molecule has 3 rings (SSSR count). The maximum absolute atomic E-state index is 12.5. The molecule has 1 saturated heterocycles. The fourth-order valence-corrected chi connectivity index (χ4v) is 3.47. The summed E-state index contributed by atoms with van der Waals surface area (Å²) in [6.45, 7) is 1.66. The first-order chi connectivity index (χ1) is 11.7. The standard InChI is InChI=1S/C19H23N3O2/c1-22-11-9-15(18(22)14-6-5-10-20-12-14)13-21-19(23)16-7-3-4-8-17(16)24-2/h3-8,10,12,15,18H,9,11,13H2,1-2H3,(H,21,23)/t15-,18-/m0/s1. The number of carbonyl (C=O) groups excluding carboxylic acids is 1. The van der Waals surface area contributed by atoms with E-state index in [0.717, 1.165) is 13.0 Å². The molecule has 2 heterocycles. The van der Waals surface area contributed by atoms with Crippen LogP contribution >= 0.6 is 0 Å². The number of benzene rings is 1. The molecule has 2 atom stereocenters. The van der Waals surface area contributed by atoms with E-state index in [1.165, 1.54) is 5.56 Å². The number of carbonyl (C=O) groups is 1. The van der Waals surface area contributed by atoms with Crippen LogP contribution in [0, 0.1) is 5.92 Å². The number of para-hydroxylation sites is 1. The van der Waals surface area contributed by atoms with Gasteiger partial charge in [-0.15, -0.1) is 0 Å². The van der Waals surface area contributed by atoms with E-state index in [2.05, 4.69) is 28.3 Å². The van der Waals surface area contributed by atoms with Gasteiger partial charge in [-0.25, -0.2) is 0 Å². The molecular weight excluding hydrogens is 302 g/mol. The molecule has 1 aliphatic heterocycles. The number of amides is 1. The Labute approximate surface area is 142 Å². The number of hydrogen-bond acceptors (Lipinski definition) is 4. The van der Waals surface area contributed by atoms with Crippen LogP contribution in [0.15, 0.2) is 48.8 Å². The highest BCUT2D eigenvalue weighted by Gasteiger charge is 2.33. The van der Waals surface area contributed by atoms with Crippen molar-refractivity contribution in [3.05, 3.63) is 59.9 Å². The number of nitrogens with zero attached hydrogens (tertiary/aromatic N) is 2. The molecule has 1 N–H and O–H groups in total. The highest BCUT2D eigenvalue weighted by atomic mass is 16.5. The molecule has 0 radical (unpaired) electrons. The van der Waals surface area contributed by atoms with Crippen LogP contribution in [0.4, 0.5) is 0 Å². The normalized spacial score (nSPS) is 20.8. The van der Waals surface area contributed by atoms with Gasteiger partial charge in [-0.05, 0) is 49.7 Å². The lowest BCUT2D eigenvalue weighted by molar-refractivity contribution is 0.0940. The topological polar surface area (TPSA) is 54.5 Å². The molecule has 1 fully saturated rings. The Morgan fingerprint density at radius 2 is 2.17 bits per heavy atom. The molecule has 1 aromatic carbocycles. The summed E-state index contributed by atoms with van der Waals surface area (Å²) in [5.41, 5.74) is 1.78. The minimum atomic E-state index is -0.0908. The van der Waals surface area contributed by atoms with Crippen LogP contribution in [-0.2, 0) is 0 Å². The lowest BCUT2D eigenvalue weighted by Crippen LogP contribution is -2.32. The number of pyridine rings is 1. The summed E-state index contributed by atoms with van der Waals surface area (Å²) < 4.78 is 5.27. The number of ether oxygens (including phenoxy) is 1. The second kappa shape index (κ2) is 7.45. The summed E-state index contributed by atoms with van der Waals surface area (Å²) in [5.74, 6) is 0.882. The van der Waals surface area contributed by atoms with E-state index < -0.39 is 0 Å². The number of aromatic nitrogens is 1. The fraction of sp³-hybridized carbons (Fsp3) is 0.368. The van der Waals surface area contributed by atoms with Gasteiger partial charge in [0.2, 0.25) is 0 Å². The molecule has 24 heavy (non-hydrogen) atoms. The van der Waals surface area contributed by atoms with E-state index >= 15 is 0 Å². The van der Waals surface area contributed by atoms with Crippen LogP contribution in [0.25, 0.3) is 0 Å². The van der Waals surface area contributed by atoms with Crippen molar-refractivity contribution in [1.29, 1.82) is 0 Å². The van der Waals surface area contributed by atoms with E-state index in [0.29, 0.717) is 23.8 Å².